The molecule has 1 aromatic heterocycles. The summed E-state index contributed by atoms with van der Waals surface area (Å²) >= 11 is 0. The van der Waals surface area contributed by atoms with Gasteiger partial charge in [-0.1, -0.05) is 6.42 Å². The van der Waals surface area contributed by atoms with Crippen LogP contribution in [0.3, 0.4) is 0 Å². The van der Waals surface area contributed by atoms with Gasteiger partial charge in [-0.05, 0) is 38.8 Å². The predicted octanol–water partition coefficient (Wildman–Crippen LogP) is 1.83. The maximum Gasteiger partial charge on any atom is 0.227 e. The van der Waals surface area contributed by atoms with E-state index < -0.39 is 0 Å². The smallest absolute Gasteiger partial charge is 0.227 e. The largest absolute Gasteiger partial charge is 0.345 e. The molecule has 1 aliphatic carbocycles. The van der Waals surface area contributed by atoms with Crippen molar-refractivity contribution < 1.29 is 4.79 Å². The molecule has 1 aromatic rings. The molecule has 0 spiro atoms. The summed E-state index contributed by atoms with van der Waals surface area (Å²) in [5.41, 5.74) is 8.62. The molecular formula is C15H23N3O. The van der Waals surface area contributed by atoms with Crippen molar-refractivity contribution in [3.8, 4) is 0 Å². The van der Waals surface area contributed by atoms with Crippen LogP contribution in [0.1, 0.15) is 43.6 Å². The molecule has 0 bridgehead atoms. The number of fused-ring (bicyclic) bond motifs is 1. The number of nitrogens with two attached hydrogens (primary N) is 1. The third-order valence-corrected chi connectivity index (χ3v) is 4.86. The second kappa shape index (κ2) is 4.67. The quantitative estimate of drug-likeness (QED) is 0.838. The zero-order valence-electron chi connectivity index (χ0n) is 11.8. The summed E-state index contributed by atoms with van der Waals surface area (Å²) in [6.07, 6.45) is 3.05. The summed E-state index contributed by atoms with van der Waals surface area (Å²) in [6.45, 7) is 5.97. The number of nitrogens with zero attached hydrogens (tertiary/aromatic N) is 2. The molecule has 3 rings (SSSR count). The number of aromatic nitrogens is 1. The van der Waals surface area contributed by atoms with E-state index in [2.05, 4.69) is 30.5 Å². The Morgan fingerprint density at radius 3 is 2.79 bits per heavy atom. The van der Waals surface area contributed by atoms with E-state index in [1.807, 2.05) is 4.90 Å². The minimum atomic E-state index is 0.0464. The first-order valence-electron chi connectivity index (χ1n) is 7.31. The van der Waals surface area contributed by atoms with Gasteiger partial charge in [0.25, 0.3) is 0 Å². The summed E-state index contributed by atoms with van der Waals surface area (Å²) in [7, 11) is 0. The molecule has 19 heavy (non-hydrogen) atoms. The predicted molar refractivity (Wildman–Crippen MR) is 74.6 cm³/mol. The molecule has 0 saturated heterocycles. The highest BCUT2D eigenvalue weighted by molar-refractivity contribution is 5.80. The Morgan fingerprint density at radius 2 is 2.11 bits per heavy atom. The summed E-state index contributed by atoms with van der Waals surface area (Å²) in [5.74, 6) is 0.313. The van der Waals surface area contributed by atoms with Crippen LogP contribution in [0.5, 0.6) is 0 Å². The van der Waals surface area contributed by atoms with E-state index in [1.54, 1.807) is 0 Å². The lowest BCUT2D eigenvalue weighted by Crippen LogP contribution is -2.46. The lowest BCUT2D eigenvalue weighted by Gasteiger charge is -2.37. The second-order valence-corrected chi connectivity index (χ2v) is 5.96. The highest BCUT2D eigenvalue weighted by Crippen LogP contribution is 2.32. The van der Waals surface area contributed by atoms with Crippen LogP contribution in [0.25, 0.3) is 0 Å². The van der Waals surface area contributed by atoms with Crippen LogP contribution in [0.2, 0.25) is 0 Å². The lowest BCUT2D eigenvalue weighted by atomic mass is 10.0. The molecule has 104 valence electrons. The highest BCUT2D eigenvalue weighted by Gasteiger charge is 2.37. The van der Waals surface area contributed by atoms with Gasteiger partial charge in [-0.15, -0.1) is 0 Å². The lowest BCUT2D eigenvalue weighted by molar-refractivity contribution is -0.139. The summed E-state index contributed by atoms with van der Waals surface area (Å²) in [5, 5.41) is 0. The van der Waals surface area contributed by atoms with E-state index in [4.69, 9.17) is 5.73 Å². The van der Waals surface area contributed by atoms with Crippen molar-refractivity contribution in [2.75, 3.05) is 6.54 Å². The van der Waals surface area contributed by atoms with E-state index in [1.165, 1.54) is 11.4 Å². The summed E-state index contributed by atoms with van der Waals surface area (Å²) in [4.78, 5) is 14.7. The van der Waals surface area contributed by atoms with Crippen molar-refractivity contribution >= 4 is 5.91 Å². The third-order valence-electron chi connectivity index (χ3n) is 4.86. The first-order chi connectivity index (χ1) is 9.09. The molecule has 3 unspecified atom stereocenters. The number of amides is 1. The van der Waals surface area contributed by atoms with Crippen LogP contribution in [0.4, 0.5) is 0 Å². The normalized spacial score (nSPS) is 30.5. The molecule has 2 aliphatic rings. The SMILES string of the molecule is Cc1ccc2n1CCN(C(=O)C1CCCC1N)C2C. The summed E-state index contributed by atoms with van der Waals surface area (Å²) in [6, 6.07) is 4.52. The van der Waals surface area contributed by atoms with Crippen molar-refractivity contribution in [3.05, 3.63) is 23.5 Å². The first kappa shape index (κ1) is 12.7. The zero-order valence-corrected chi connectivity index (χ0v) is 11.8. The van der Waals surface area contributed by atoms with Gasteiger partial charge >= 0.3 is 0 Å². The third kappa shape index (κ3) is 1.98. The van der Waals surface area contributed by atoms with Gasteiger partial charge in [-0.2, -0.15) is 0 Å². The number of hydrogen-bond donors (Lipinski definition) is 1. The van der Waals surface area contributed by atoms with Gasteiger partial charge < -0.3 is 15.2 Å². The Hall–Kier alpha value is -1.29. The molecular weight excluding hydrogens is 238 g/mol. The zero-order chi connectivity index (χ0) is 13.6. The van der Waals surface area contributed by atoms with Gasteiger partial charge in [-0.25, -0.2) is 0 Å². The molecule has 1 aliphatic heterocycles. The summed E-state index contributed by atoms with van der Waals surface area (Å²) < 4.78 is 2.32. The Kier molecular flexibility index (Phi) is 3.13. The Morgan fingerprint density at radius 1 is 1.32 bits per heavy atom. The monoisotopic (exact) mass is 261 g/mol. The van der Waals surface area contributed by atoms with Crippen molar-refractivity contribution in [2.45, 2.75) is 51.7 Å². The van der Waals surface area contributed by atoms with E-state index in [-0.39, 0.29) is 23.9 Å². The van der Waals surface area contributed by atoms with Crippen LogP contribution in [0, 0.1) is 12.8 Å². The average molecular weight is 261 g/mol. The number of carbonyl (C=O) groups excluding carboxylic acids is 1. The van der Waals surface area contributed by atoms with Crippen molar-refractivity contribution in [1.29, 1.82) is 0 Å². The van der Waals surface area contributed by atoms with Gasteiger partial charge in [0.1, 0.15) is 0 Å². The molecule has 1 saturated carbocycles. The Balaban J connectivity index is 1.82. The molecule has 2 N–H and O–H groups in total. The van der Waals surface area contributed by atoms with Gasteiger partial charge in [0.05, 0.1) is 12.0 Å². The molecule has 4 nitrogen and oxygen atoms in total. The first-order valence-corrected chi connectivity index (χ1v) is 7.31. The van der Waals surface area contributed by atoms with Gasteiger partial charge in [0, 0.05) is 30.5 Å². The average Bonchev–Trinajstić information content (AvgIpc) is 2.97. The van der Waals surface area contributed by atoms with Crippen molar-refractivity contribution in [2.24, 2.45) is 11.7 Å². The molecule has 4 heteroatoms. The van der Waals surface area contributed by atoms with E-state index >= 15 is 0 Å². The number of aryl methyl sites for hydroxylation is 1. The molecule has 0 radical (unpaired) electrons. The minimum Gasteiger partial charge on any atom is -0.345 e. The fourth-order valence-corrected chi connectivity index (χ4v) is 3.63. The molecule has 1 fully saturated rings. The van der Waals surface area contributed by atoms with Crippen LogP contribution < -0.4 is 5.73 Å². The standard InChI is InChI=1S/C15H23N3O/c1-10-6-7-14-11(2)18(9-8-17(10)14)15(19)12-4-3-5-13(12)16/h6-7,11-13H,3-5,8-9,16H2,1-2H3. The molecule has 1 amide bonds. The molecule has 2 heterocycles. The Bertz CT molecular complexity index is 494. The molecule has 0 aromatic carbocycles. The number of rotatable bonds is 1. The van der Waals surface area contributed by atoms with Gasteiger partial charge in [0.2, 0.25) is 5.91 Å². The van der Waals surface area contributed by atoms with E-state index in [9.17, 15) is 4.79 Å². The fraction of sp³-hybridized carbons (Fsp3) is 0.667. The van der Waals surface area contributed by atoms with Gasteiger partial charge in [-0.3, -0.25) is 4.79 Å². The van der Waals surface area contributed by atoms with Crippen LogP contribution >= 0.6 is 0 Å². The van der Waals surface area contributed by atoms with Crippen molar-refractivity contribution in [3.63, 3.8) is 0 Å². The Labute approximate surface area is 114 Å². The van der Waals surface area contributed by atoms with Crippen LogP contribution in [-0.2, 0) is 11.3 Å². The van der Waals surface area contributed by atoms with Crippen LogP contribution in [0.15, 0.2) is 12.1 Å². The van der Waals surface area contributed by atoms with Crippen LogP contribution in [-0.4, -0.2) is 28.0 Å². The fourth-order valence-electron chi connectivity index (χ4n) is 3.63. The second-order valence-electron chi connectivity index (χ2n) is 5.96. The van der Waals surface area contributed by atoms with E-state index in [0.717, 1.165) is 32.4 Å². The molecule has 3 atom stereocenters. The maximum absolute atomic E-state index is 12.7. The topological polar surface area (TPSA) is 51.3 Å². The maximum atomic E-state index is 12.7. The van der Waals surface area contributed by atoms with Gasteiger partial charge in [0.15, 0.2) is 0 Å². The number of carbonyl (C=O) groups is 1. The van der Waals surface area contributed by atoms with Crippen molar-refractivity contribution in [1.82, 2.24) is 9.47 Å². The van der Waals surface area contributed by atoms with E-state index in [0.29, 0.717) is 0 Å². The highest BCUT2D eigenvalue weighted by atomic mass is 16.2. The number of hydrogen-bond acceptors (Lipinski definition) is 2. The minimum absolute atomic E-state index is 0.0464.